The summed E-state index contributed by atoms with van der Waals surface area (Å²) in [6, 6.07) is 18.9. The highest BCUT2D eigenvalue weighted by Gasteiger charge is 2.13. The van der Waals surface area contributed by atoms with E-state index in [1.54, 1.807) is 18.3 Å². The lowest BCUT2D eigenvalue weighted by molar-refractivity contribution is -0.111. The van der Waals surface area contributed by atoms with E-state index in [0.717, 1.165) is 16.7 Å². The van der Waals surface area contributed by atoms with Gasteiger partial charge in [-0.05, 0) is 48.4 Å². The highest BCUT2D eigenvalue weighted by molar-refractivity contribution is 6.02. The Balaban J connectivity index is 1.58. The number of oxazole rings is 1. The normalized spacial score (nSPS) is 11.1. The molecule has 0 spiro atoms. The smallest absolute Gasteiger partial charge is 0.248 e. The van der Waals surface area contributed by atoms with Gasteiger partial charge >= 0.3 is 0 Å². The lowest BCUT2D eigenvalue weighted by Crippen LogP contribution is -2.09. The zero-order chi connectivity index (χ0) is 18.6. The van der Waals surface area contributed by atoms with Crippen LogP contribution in [-0.2, 0) is 4.79 Å². The van der Waals surface area contributed by atoms with Gasteiger partial charge in [-0.3, -0.25) is 4.79 Å². The Morgan fingerprint density at radius 3 is 2.70 bits per heavy atom. The second-order valence-electron chi connectivity index (χ2n) is 6.06. The van der Waals surface area contributed by atoms with E-state index in [9.17, 15) is 4.79 Å². The van der Waals surface area contributed by atoms with E-state index in [1.165, 1.54) is 6.08 Å². The SMILES string of the molecule is Cc1c(NC(=O)/C=C/c2ccccc2)cccc1-c1nc2ncccc2o1. The van der Waals surface area contributed by atoms with Crippen LogP contribution in [0.5, 0.6) is 0 Å². The highest BCUT2D eigenvalue weighted by atomic mass is 16.3. The lowest BCUT2D eigenvalue weighted by Gasteiger charge is -2.09. The first-order valence-corrected chi connectivity index (χ1v) is 8.56. The van der Waals surface area contributed by atoms with Gasteiger partial charge in [-0.25, -0.2) is 4.98 Å². The van der Waals surface area contributed by atoms with Gasteiger partial charge in [0.2, 0.25) is 11.8 Å². The van der Waals surface area contributed by atoms with Crippen molar-refractivity contribution in [3.8, 4) is 11.5 Å². The summed E-state index contributed by atoms with van der Waals surface area (Å²) in [4.78, 5) is 20.9. The molecule has 2 aromatic heterocycles. The molecule has 4 rings (SSSR count). The molecule has 4 aromatic rings. The van der Waals surface area contributed by atoms with Crippen molar-refractivity contribution in [2.75, 3.05) is 5.32 Å². The molecular formula is C22H17N3O2. The average molecular weight is 355 g/mol. The van der Waals surface area contributed by atoms with Crippen LogP contribution in [0.3, 0.4) is 0 Å². The Bertz CT molecular complexity index is 1100. The van der Waals surface area contributed by atoms with Crippen LogP contribution in [0.25, 0.3) is 28.8 Å². The fourth-order valence-electron chi connectivity index (χ4n) is 2.80. The third-order valence-electron chi connectivity index (χ3n) is 4.21. The number of aromatic nitrogens is 2. The van der Waals surface area contributed by atoms with Crippen LogP contribution in [0.4, 0.5) is 5.69 Å². The molecule has 0 fully saturated rings. The molecule has 0 unspecified atom stereocenters. The molecule has 1 amide bonds. The van der Waals surface area contributed by atoms with Crippen LogP contribution in [0, 0.1) is 6.92 Å². The number of fused-ring (bicyclic) bond motifs is 1. The largest absolute Gasteiger partial charge is 0.434 e. The quantitative estimate of drug-likeness (QED) is 0.531. The number of amides is 1. The second kappa shape index (κ2) is 7.25. The van der Waals surface area contributed by atoms with Gasteiger partial charge in [0.05, 0.1) is 0 Å². The molecule has 0 atom stereocenters. The number of anilines is 1. The van der Waals surface area contributed by atoms with Crippen LogP contribution >= 0.6 is 0 Å². The molecule has 0 aliphatic rings. The molecule has 1 N–H and O–H groups in total. The van der Waals surface area contributed by atoms with Gasteiger partial charge in [-0.15, -0.1) is 0 Å². The van der Waals surface area contributed by atoms with Gasteiger partial charge in [-0.2, -0.15) is 4.98 Å². The van der Waals surface area contributed by atoms with Crippen molar-refractivity contribution in [3.05, 3.63) is 84.1 Å². The molecule has 0 aliphatic carbocycles. The summed E-state index contributed by atoms with van der Waals surface area (Å²) in [6.45, 7) is 1.92. The van der Waals surface area contributed by atoms with Gasteiger partial charge in [0.1, 0.15) is 0 Å². The first-order valence-electron chi connectivity index (χ1n) is 8.56. The van der Waals surface area contributed by atoms with Crippen molar-refractivity contribution in [2.24, 2.45) is 0 Å². The lowest BCUT2D eigenvalue weighted by atomic mass is 10.1. The number of benzene rings is 2. The second-order valence-corrected chi connectivity index (χ2v) is 6.06. The minimum Gasteiger partial charge on any atom is -0.434 e. The summed E-state index contributed by atoms with van der Waals surface area (Å²) in [6.07, 6.45) is 4.98. The van der Waals surface area contributed by atoms with E-state index in [0.29, 0.717) is 22.8 Å². The zero-order valence-electron chi connectivity index (χ0n) is 14.7. The molecule has 2 aromatic carbocycles. The predicted octanol–water partition coefficient (Wildman–Crippen LogP) is 4.85. The summed E-state index contributed by atoms with van der Waals surface area (Å²) < 4.78 is 5.80. The van der Waals surface area contributed by atoms with Gasteiger partial charge in [0, 0.05) is 23.5 Å². The molecule has 132 valence electrons. The standard InChI is InChI=1S/C22H17N3O2/c1-15-17(22-25-21-19(27-22)11-6-14-23-21)9-5-10-18(15)24-20(26)13-12-16-7-3-2-4-8-16/h2-14H,1H3,(H,24,26)/b13-12+. The number of rotatable bonds is 4. The summed E-state index contributed by atoms with van der Waals surface area (Å²) >= 11 is 0. The monoisotopic (exact) mass is 355 g/mol. The van der Waals surface area contributed by atoms with Crippen molar-refractivity contribution in [1.82, 2.24) is 9.97 Å². The Labute approximate surface area is 156 Å². The third-order valence-corrected chi connectivity index (χ3v) is 4.21. The maximum Gasteiger partial charge on any atom is 0.248 e. The molecule has 27 heavy (non-hydrogen) atoms. The summed E-state index contributed by atoms with van der Waals surface area (Å²) in [5.41, 5.74) is 4.57. The van der Waals surface area contributed by atoms with Crippen LogP contribution in [0.2, 0.25) is 0 Å². The number of carbonyl (C=O) groups is 1. The predicted molar refractivity (Wildman–Crippen MR) is 106 cm³/mol. The fourth-order valence-corrected chi connectivity index (χ4v) is 2.80. The maximum atomic E-state index is 12.3. The first-order chi connectivity index (χ1) is 13.2. The average Bonchev–Trinajstić information content (AvgIpc) is 3.13. The molecule has 5 heteroatoms. The molecule has 0 bridgehead atoms. The molecule has 5 nitrogen and oxygen atoms in total. The van der Waals surface area contributed by atoms with Gasteiger partial charge in [0.25, 0.3) is 0 Å². The van der Waals surface area contributed by atoms with Crippen molar-refractivity contribution >= 4 is 28.9 Å². The molecule has 0 saturated carbocycles. The van der Waals surface area contributed by atoms with Crippen LogP contribution in [-0.4, -0.2) is 15.9 Å². The van der Waals surface area contributed by atoms with Crippen LogP contribution in [0.1, 0.15) is 11.1 Å². The fraction of sp³-hybridized carbons (Fsp3) is 0.0455. The van der Waals surface area contributed by atoms with E-state index >= 15 is 0 Å². The Kier molecular flexibility index (Phi) is 4.49. The van der Waals surface area contributed by atoms with Gasteiger partial charge < -0.3 is 9.73 Å². The number of carbonyl (C=O) groups excluding carboxylic acids is 1. The van der Waals surface area contributed by atoms with E-state index in [2.05, 4.69) is 15.3 Å². The molecule has 0 aliphatic heterocycles. The summed E-state index contributed by atoms with van der Waals surface area (Å²) in [5.74, 6) is 0.287. The number of nitrogens with one attached hydrogen (secondary N) is 1. The topological polar surface area (TPSA) is 68.0 Å². The van der Waals surface area contributed by atoms with Gasteiger partial charge in [-0.1, -0.05) is 36.4 Å². The highest BCUT2D eigenvalue weighted by Crippen LogP contribution is 2.29. The number of hydrogen-bond donors (Lipinski definition) is 1. The van der Waals surface area contributed by atoms with Crippen molar-refractivity contribution < 1.29 is 9.21 Å². The third kappa shape index (κ3) is 3.62. The number of pyridine rings is 1. The van der Waals surface area contributed by atoms with Crippen molar-refractivity contribution in [1.29, 1.82) is 0 Å². The van der Waals surface area contributed by atoms with Crippen molar-refractivity contribution in [3.63, 3.8) is 0 Å². The van der Waals surface area contributed by atoms with Crippen molar-refractivity contribution in [2.45, 2.75) is 6.92 Å². The summed E-state index contributed by atoms with van der Waals surface area (Å²) in [5, 5.41) is 2.91. The van der Waals surface area contributed by atoms with E-state index < -0.39 is 0 Å². The Hall–Kier alpha value is -3.73. The van der Waals surface area contributed by atoms with E-state index in [-0.39, 0.29) is 5.91 Å². The molecule has 0 saturated heterocycles. The Morgan fingerprint density at radius 1 is 1.04 bits per heavy atom. The molecule has 2 heterocycles. The maximum absolute atomic E-state index is 12.3. The van der Waals surface area contributed by atoms with E-state index in [4.69, 9.17) is 4.42 Å². The zero-order valence-corrected chi connectivity index (χ0v) is 14.7. The number of hydrogen-bond acceptors (Lipinski definition) is 4. The molecular weight excluding hydrogens is 338 g/mol. The van der Waals surface area contributed by atoms with Crippen LogP contribution in [0.15, 0.2) is 77.4 Å². The Morgan fingerprint density at radius 2 is 1.89 bits per heavy atom. The number of nitrogens with zero attached hydrogens (tertiary/aromatic N) is 2. The summed E-state index contributed by atoms with van der Waals surface area (Å²) in [7, 11) is 0. The minimum absolute atomic E-state index is 0.196. The minimum atomic E-state index is -0.196. The first kappa shape index (κ1) is 16.7. The van der Waals surface area contributed by atoms with E-state index in [1.807, 2.05) is 61.5 Å². The molecule has 0 radical (unpaired) electrons. The van der Waals surface area contributed by atoms with Crippen LogP contribution < -0.4 is 5.32 Å². The van der Waals surface area contributed by atoms with Gasteiger partial charge in [0.15, 0.2) is 11.2 Å².